The number of carbonyl (C=O) groups excluding carboxylic acids is 1. The van der Waals surface area contributed by atoms with Crippen LogP contribution in [0.3, 0.4) is 0 Å². The average molecular weight is 559 g/mol. The number of amides is 1. The molecule has 6 rings (SSSR count). The van der Waals surface area contributed by atoms with Gasteiger partial charge in [-0.2, -0.15) is 0 Å². The second-order valence-electron chi connectivity index (χ2n) is 12.5. The normalized spacial score (nSPS) is 22.4. The van der Waals surface area contributed by atoms with E-state index in [1.54, 1.807) is 0 Å². The Hall–Kier alpha value is -3.86. The number of nitrogens with one attached hydrogen (secondary N) is 1. The maximum atomic E-state index is 13.8. The largest absolute Gasteiger partial charge is 0.351 e. The van der Waals surface area contributed by atoms with Crippen molar-refractivity contribution < 1.29 is 4.79 Å². The van der Waals surface area contributed by atoms with E-state index in [0.717, 1.165) is 72.3 Å². The Labute approximate surface area is 250 Å². The van der Waals surface area contributed by atoms with Crippen molar-refractivity contribution in [1.82, 2.24) is 15.3 Å². The standard InChI is InChI=1S/C37H42N4O/c1-25(29-12-13-29)20-34-18-19-38-35(41-34)22-27-8-10-31(11-9-27)36(37(42)40-23-28-6-4-3-5-7-28)32-16-14-30(15-17-32)33-21-26(2)39-24-33/h3-7,14-19,21,24,26-27,29,31,36H,1,8-13,20,22-23H2,2H3,(H,40,42)/t26?,27-,31-,36?. The van der Waals surface area contributed by atoms with E-state index in [1.807, 2.05) is 36.7 Å². The molecule has 5 nitrogen and oxygen atoms in total. The molecule has 2 heterocycles. The molecule has 1 aliphatic heterocycles. The molecule has 3 aromatic rings. The van der Waals surface area contributed by atoms with Crippen molar-refractivity contribution in [2.24, 2.45) is 22.7 Å². The van der Waals surface area contributed by atoms with Crippen molar-refractivity contribution in [1.29, 1.82) is 0 Å². The lowest BCUT2D eigenvalue weighted by molar-refractivity contribution is -0.124. The van der Waals surface area contributed by atoms with Gasteiger partial charge in [-0.3, -0.25) is 9.79 Å². The summed E-state index contributed by atoms with van der Waals surface area (Å²) in [5, 5.41) is 3.26. The molecule has 1 N–H and O–H groups in total. The monoisotopic (exact) mass is 558 g/mol. The number of nitrogens with zero attached hydrogens (tertiary/aromatic N) is 3. The number of allylic oxidation sites excluding steroid dienone is 2. The summed E-state index contributed by atoms with van der Waals surface area (Å²) in [6.07, 6.45) is 14.6. The van der Waals surface area contributed by atoms with Crippen molar-refractivity contribution in [2.45, 2.75) is 76.8 Å². The number of hydrogen-bond donors (Lipinski definition) is 1. The van der Waals surface area contributed by atoms with Crippen molar-refractivity contribution in [3.63, 3.8) is 0 Å². The highest BCUT2D eigenvalue weighted by molar-refractivity contribution is 6.11. The Morgan fingerprint density at radius 3 is 2.43 bits per heavy atom. The minimum absolute atomic E-state index is 0.122. The first-order valence-electron chi connectivity index (χ1n) is 15.7. The number of aliphatic imine (C=N–C) groups is 1. The van der Waals surface area contributed by atoms with Crippen molar-refractivity contribution >= 4 is 17.7 Å². The van der Waals surface area contributed by atoms with E-state index in [0.29, 0.717) is 24.3 Å². The first kappa shape index (κ1) is 28.3. The Morgan fingerprint density at radius 2 is 1.74 bits per heavy atom. The van der Waals surface area contributed by atoms with Gasteiger partial charge < -0.3 is 5.32 Å². The molecule has 216 valence electrons. The zero-order chi connectivity index (χ0) is 28.9. The Kier molecular flexibility index (Phi) is 8.73. The van der Waals surface area contributed by atoms with Gasteiger partial charge in [0.15, 0.2) is 0 Å². The molecule has 2 aromatic carbocycles. The van der Waals surface area contributed by atoms with E-state index in [4.69, 9.17) is 4.98 Å². The van der Waals surface area contributed by atoms with E-state index in [-0.39, 0.29) is 17.9 Å². The fraction of sp³-hybridized carbons (Fsp3) is 0.405. The fourth-order valence-electron chi connectivity index (χ4n) is 6.62. The number of carbonyl (C=O) groups is 1. The van der Waals surface area contributed by atoms with Gasteiger partial charge in [0.05, 0.1) is 12.0 Å². The third-order valence-electron chi connectivity index (χ3n) is 9.22. The molecule has 0 bridgehead atoms. The Morgan fingerprint density at radius 1 is 0.976 bits per heavy atom. The van der Waals surface area contributed by atoms with Gasteiger partial charge in [0.1, 0.15) is 5.82 Å². The number of aromatic nitrogens is 2. The summed E-state index contributed by atoms with van der Waals surface area (Å²) in [6.45, 7) is 6.92. The highest BCUT2D eigenvalue weighted by atomic mass is 16.1. The van der Waals surface area contributed by atoms with Gasteiger partial charge in [-0.15, -0.1) is 0 Å². The van der Waals surface area contributed by atoms with Gasteiger partial charge in [-0.05, 0) is 91.5 Å². The summed E-state index contributed by atoms with van der Waals surface area (Å²) in [7, 11) is 0. The van der Waals surface area contributed by atoms with Crippen LogP contribution >= 0.6 is 0 Å². The van der Waals surface area contributed by atoms with Gasteiger partial charge in [0, 0.05) is 37.5 Å². The molecule has 2 unspecified atom stereocenters. The van der Waals surface area contributed by atoms with Crippen LogP contribution in [0.5, 0.6) is 0 Å². The molecule has 2 atom stereocenters. The molecule has 42 heavy (non-hydrogen) atoms. The lowest BCUT2D eigenvalue weighted by atomic mass is 9.72. The molecule has 1 aromatic heterocycles. The second kappa shape index (κ2) is 13.0. The SMILES string of the molecule is C=C(Cc1ccnc(C[C@H]2CC[C@H](C(C(=O)NCc3ccccc3)c3ccc(C4=CC(C)N=C4)cc3)CC2)n1)C1CC1. The van der Waals surface area contributed by atoms with Gasteiger partial charge >= 0.3 is 0 Å². The van der Waals surface area contributed by atoms with Crippen LogP contribution in [0.1, 0.15) is 79.6 Å². The first-order chi connectivity index (χ1) is 20.5. The predicted octanol–water partition coefficient (Wildman–Crippen LogP) is 7.29. The van der Waals surface area contributed by atoms with E-state index >= 15 is 0 Å². The van der Waals surface area contributed by atoms with Gasteiger partial charge in [-0.25, -0.2) is 9.97 Å². The summed E-state index contributed by atoms with van der Waals surface area (Å²) in [5.74, 6) is 2.47. The molecule has 2 aliphatic carbocycles. The predicted molar refractivity (Wildman–Crippen MR) is 170 cm³/mol. The molecule has 2 saturated carbocycles. The molecule has 5 heteroatoms. The molecule has 2 fully saturated rings. The lowest BCUT2D eigenvalue weighted by Crippen LogP contribution is -2.35. The summed E-state index contributed by atoms with van der Waals surface area (Å²) in [5.41, 5.74) is 6.94. The molecule has 3 aliphatic rings. The minimum Gasteiger partial charge on any atom is -0.351 e. The topological polar surface area (TPSA) is 67.2 Å². The maximum absolute atomic E-state index is 13.8. The highest BCUT2D eigenvalue weighted by Crippen LogP contribution is 2.40. The van der Waals surface area contributed by atoms with Crippen LogP contribution in [0.25, 0.3) is 5.57 Å². The van der Waals surface area contributed by atoms with Crippen LogP contribution < -0.4 is 5.32 Å². The second-order valence-corrected chi connectivity index (χ2v) is 12.5. The van der Waals surface area contributed by atoms with Gasteiger partial charge in [-0.1, -0.05) is 72.8 Å². The quantitative estimate of drug-likeness (QED) is 0.251. The van der Waals surface area contributed by atoms with Crippen LogP contribution in [-0.4, -0.2) is 28.1 Å². The summed E-state index contributed by atoms with van der Waals surface area (Å²) >= 11 is 0. The van der Waals surface area contributed by atoms with E-state index in [9.17, 15) is 4.79 Å². The molecular weight excluding hydrogens is 516 g/mol. The first-order valence-corrected chi connectivity index (χ1v) is 15.7. The fourth-order valence-corrected chi connectivity index (χ4v) is 6.62. The zero-order valence-corrected chi connectivity index (χ0v) is 24.7. The number of hydrogen-bond acceptors (Lipinski definition) is 4. The molecular formula is C37H42N4O. The van der Waals surface area contributed by atoms with E-state index < -0.39 is 0 Å². The van der Waals surface area contributed by atoms with Crippen LogP contribution in [0, 0.1) is 17.8 Å². The summed E-state index contributed by atoms with van der Waals surface area (Å²) < 4.78 is 0. The highest BCUT2D eigenvalue weighted by Gasteiger charge is 2.33. The Balaban J connectivity index is 1.12. The van der Waals surface area contributed by atoms with Crippen molar-refractivity contribution in [3.8, 4) is 0 Å². The third kappa shape index (κ3) is 7.13. The number of benzene rings is 2. The minimum atomic E-state index is -0.165. The summed E-state index contributed by atoms with van der Waals surface area (Å²) in [6, 6.07) is 21.0. The zero-order valence-electron chi connectivity index (χ0n) is 24.7. The van der Waals surface area contributed by atoms with Gasteiger partial charge in [0.25, 0.3) is 0 Å². The van der Waals surface area contributed by atoms with Crippen molar-refractivity contribution in [2.75, 3.05) is 0 Å². The van der Waals surface area contributed by atoms with Crippen LogP contribution in [0.2, 0.25) is 0 Å². The van der Waals surface area contributed by atoms with Gasteiger partial charge in [0.2, 0.25) is 5.91 Å². The Bertz CT molecular complexity index is 1450. The smallest absolute Gasteiger partial charge is 0.228 e. The van der Waals surface area contributed by atoms with Crippen LogP contribution in [-0.2, 0) is 24.2 Å². The molecule has 0 saturated heterocycles. The maximum Gasteiger partial charge on any atom is 0.228 e. The third-order valence-corrected chi connectivity index (χ3v) is 9.22. The average Bonchev–Trinajstić information content (AvgIpc) is 3.78. The lowest BCUT2D eigenvalue weighted by Gasteiger charge is -2.33. The summed E-state index contributed by atoms with van der Waals surface area (Å²) in [4.78, 5) is 27.8. The van der Waals surface area contributed by atoms with Crippen LogP contribution in [0.15, 0.2) is 90.1 Å². The van der Waals surface area contributed by atoms with Crippen molar-refractivity contribution in [3.05, 3.63) is 113 Å². The molecule has 1 amide bonds. The van der Waals surface area contributed by atoms with E-state index in [2.05, 4.69) is 71.3 Å². The molecule has 0 radical (unpaired) electrons. The van der Waals surface area contributed by atoms with E-state index in [1.165, 1.54) is 18.4 Å². The van der Waals surface area contributed by atoms with Crippen LogP contribution in [0.4, 0.5) is 0 Å². The molecule has 0 spiro atoms. The number of rotatable bonds is 11.